The van der Waals surface area contributed by atoms with Gasteiger partial charge in [0.2, 0.25) is 5.95 Å². The van der Waals surface area contributed by atoms with Gasteiger partial charge in [-0.3, -0.25) is 4.40 Å². The lowest BCUT2D eigenvalue weighted by atomic mass is 10.3. The standard InChI is InChI=1S/C13H10FN3/c14-10-4-6-11(7-5-10)16-13-15-9-12-3-1-2-8-17(12)13/h1-9H,(H,15,16). The molecular weight excluding hydrogens is 217 g/mol. The molecule has 4 heteroatoms. The first-order chi connectivity index (χ1) is 8.33. The molecule has 0 amide bonds. The number of hydrogen-bond acceptors (Lipinski definition) is 2. The average Bonchev–Trinajstić information content (AvgIpc) is 2.76. The van der Waals surface area contributed by atoms with Gasteiger partial charge in [-0.25, -0.2) is 9.37 Å². The summed E-state index contributed by atoms with van der Waals surface area (Å²) in [5, 5.41) is 3.14. The first kappa shape index (κ1) is 9.84. The van der Waals surface area contributed by atoms with Crippen molar-refractivity contribution in [3.63, 3.8) is 0 Å². The summed E-state index contributed by atoms with van der Waals surface area (Å²) in [6, 6.07) is 12.1. The smallest absolute Gasteiger partial charge is 0.212 e. The maximum atomic E-state index is 12.8. The molecule has 3 aromatic rings. The second kappa shape index (κ2) is 3.90. The van der Waals surface area contributed by atoms with Crippen LogP contribution in [0.15, 0.2) is 54.9 Å². The molecule has 0 radical (unpaired) electrons. The van der Waals surface area contributed by atoms with Crippen LogP contribution in [-0.2, 0) is 0 Å². The Bertz CT molecular complexity index is 643. The zero-order valence-corrected chi connectivity index (χ0v) is 8.97. The molecule has 1 N–H and O–H groups in total. The number of nitrogens with zero attached hydrogens (tertiary/aromatic N) is 2. The summed E-state index contributed by atoms with van der Waals surface area (Å²) >= 11 is 0. The lowest BCUT2D eigenvalue weighted by Gasteiger charge is -2.04. The normalized spacial score (nSPS) is 10.6. The highest BCUT2D eigenvalue weighted by Crippen LogP contribution is 2.17. The van der Waals surface area contributed by atoms with Crippen molar-refractivity contribution in [1.29, 1.82) is 0 Å². The molecule has 0 saturated carbocycles. The number of benzene rings is 1. The zero-order valence-electron chi connectivity index (χ0n) is 8.97. The number of anilines is 2. The van der Waals surface area contributed by atoms with E-state index in [0.29, 0.717) is 5.95 Å². The minimum atomic E-state index is -0.247. The average molecular weight is 227 g/mol. The summed E-state index contributed by atoms with van der Waals surface area (Å²) in [5.41, 5.74) is 1.82. The van der Waals surface area contributed by atoms with E-state index < -0.39 is 0 Å². The molecule has 0 unspecified atom stereocenters. The third kappa shape index (κ3) is 1.85. The van der Waals surface area contributed by atoms with E-state index in [2.05, 4.69) is 10.3 Å². The van der Waals surface area contributed by atoms with Crippen molar-refractivity contribution in [3.8, 4) is 0 Å². The molecule has 1 aromatic carbocycles. The topological polar surface area (TPSA) is 29.3 Å². The van der Waals surface area contributed by atoms with Crippen LogP contribution in [0.2, 0.25) is 0 Å². The Kier molecular flexibility index (Phi) is 2.26. The maximum absolute atomic E-state index is 12.8. The number of aromatic nitrogens is 2. The van der Waals surface area contributed by atoms with Crippen LogP contribution in [0, 0.1) is 5.82 Å². The largest absolute Gasteiger partial charge is 0.325 e. The van der Waals surface area contributed by atoms with Crippen LogP contribution in [0.25, 0.3) is 5.52 Å². The third-order valence-electron chi connectivity index (χ3n) is 2.54. The second-order valence-corrected chi connectivity index (χ2v) is 3.71. The highest BCUT2D eigenvalue weighted by molar-refractivity contribution is 5.59. The molecule has 0 aliphatic rings. The summed E-state index contributed by atoms with van der Waals surface area (Å²) in [5.74, 6) is 0.468. The number of halogens is 1. The van der Waals surface area contributed by atoms with E-state index in [1.165, 1.54) is 12.1 Å². The van der Waals surface area contributed by atoms with Crippen molar-refractivity contribution in [2.24, 2.45) is 0 Å². The van der Waals surface area contributed by atoms with E-state index in [-0.39, 0.29) is 5.82 Å². The van der Waals surface area contributed by atoms with Crippen molar-refractivity contribution in [2.45, 2.75) is 0 Å². The summed E-state index contributed by atoms with van der Waals surface area (Å²) in [4.78, 5) is 4.27. The van der Waals surface area contributed by atoms with Crippen LogP contribution in [0.5, 0.6) is 0 Å². The monoisotopic (exact) mass is 227 g/mol. The van der Waals surface area contributed by atoms with Gasteiger partial charge >= 0.3 is 0 Å². The van der Waals surface area contributed by atoms with Crippen LogP contribution < -0.4 is 5.32 Å². The molecular formula is C13H10FN3. The second-order valence-electron chi connectivity index (χ2n) is 3.71. The number of nitrogens with one attached hydrogen (secondary N) is 1. The van der Waals surface area contributed by atoms with Gasteiger partial charge in [-0.2, -0.15) is 0 Å². The lowest BCUT2D eigenvalue weighted by Crippen LogP contribution is -1.96. The summed E-state index contributed by atoms with van der Waals surface area (Å²) in [6.45, 7) is 0. The van der Waals surface area contributed by atoms with Crippen LogP contribution >= 0.6 is 0 Å². The Labute approximate surface area is 97.5 Å². The molecule has 0 atom stereocenters. The molecule has 0 spiro atoms. The molecule has 17 heavy (non-hydrogen) atoms. The Morgan fingerprint density at radius 2 is 1.88 bits per heavy atom. The third-order valence-corrected chi connectivity index (χ3v) is 2.54. The molecule has 0 aliphatic carbocycles. The van der Waals surface area contributed by atoms with Crippen molar-refractivity contribution < 1.29 is 4.39 Å². The van der Waals surface area contributed by atoms with E-state index >= 15 is 0 Å². The van der Waals surface area contributed by atoms with E-state index in [0.717, 1.165) is 11.2 Å². The minimum absolute atomic E-state index is 0.247. The predicted octanol–water partition coefficient (Wildman–Crippen LogP) is 3.22. The number of imidazole rings is 1. The number of hydrogen-bond donors (Lipinski definition) is 1. The van der Waals surface area contributed by atoms with E-state index in [4.69, 9.17) is 0 Å². The van der Waals surface area contributed by atoms with Gasteiger partial charge in [-0.15, -0.1) is 0 Å². The van der Waals surface area contributed by atoms with Crippen molar-refractivity contribution in [1.82, 2.24) is 9.38 Å². The predicted molar refractivity (Wildman–Crippen MR) is 64.9 cm³/mol. The van der Waals surface area contributed by atoms with Gasteiger partial charge in [-0.1, -0.05) is 6.07 Å². The molecule has 3 rings (SSSR count). The number of fused-ring (bicyclic) bond motifs is 1. The number of rotatable bonds is 2. The Balaban J connectivity index is 1.97. The minimum Gasteiger partial charge on any atom is -0.325 e. The lowest BCUT2D eigenvalue weighted by molar-refractivity contribution is 0.628. The highest BCUT2D eigenvalue weighted by Gasteiger charge is 2.02. The quantitative estimate of drug-likeness (QED) is 0.728. The van der Waals surface area contributed by atoms with Crippen molar-refractivity contribution in [3.05, 3.63) is 60.7 Å². The van der Waals surface area contributed by atoms with Gasteiger partial charge in [-0.05, 0) is 36.4 Å². The Morgan fingerprint density at radius 1 is 1.06 bits per heavy atom. The molecule has 2 heterocycles. The molecule has 0 aliphatic heterocycles. The molecule has 0 fully saturated rings. The Morgan fingerprint density at radius 3 is 2.71 bits per heavy atom. The molecule has 3 nitrogen and oxygen atoms in total. The fourth-order valence-electron chi connectivity index (χ4n) is 1.70. The Hall–Kier alpha value is -2.36. The van der Waals surface area contributed by atoms with Gasteiger partial charge in [0, 0.05) is 11.9 Å². The van der Waals surface area contributed by atoms with Crippen LogP contribution in [0.4, 0.5) is 16.0 Å². The summed E-state index contributed by atoms with van der Waals surface area (Å²) < 4.78 is 14.7. The van der Waals surface area contributed by atoms with Gasteiger partial charge in [0.15, 0.2) is 0 Å². The van der Waals surface area contributed by atoms with Crippen molar-refractivity contribution in [2.75, 3.05) is 5.32 Å². The summed E-state index contributed by atoms with van der Waals surface area (Å²) in [7, 11) is 0. The summed E-state index contributed by atoms with van der Waals surface area (Å²) in [6.07, 6.45) is 3.71. The van der Waals surface area contributed by atoms with Crippen LogP contribution in [-0.4, -0.2) is 9.38 Å². The van der Waals surface area contributed by atoms with Crippen LogP contribution in [0.3, 0.4) is 0 Å². The van der Waals surface area contributed by atoms with Crippen molar-refractivity contribution >= 4 is 17.2 Å². The van der Waals surface area contributed by atoms with Crippen LogP contribution in [0.1, 0.15) is 0 Å². The van der Waals surface area contributed by atoms with Gasteiger partial charge in [0.1, 0.15) is 5.82 Å². The fourth-order valence-corrected chi connectivity index (χ4v) is 1.70. The first-order valence-electron chi connectivity index (χ1n) is 5.27. The fraction of sp³-hybridized carbons (Fsp3) is 0. The zero-order chi connectivity index (χ0) is 11.7. The maximum Gasteiger partial charge on any atom is 0.212 e. The van der Waals surface area contributed by atoms with Gasteiger partial charge in [0.25, 0.3) is 0 Å². The SMILES string of the molecule is Fc1ccc(Nc2ncc3ccccn23)cc1. The van der Waals surface area contributed by atoms with E-state index in [9.17, 15) is 4.39 Å². The molecule has 2 aromatic heterocycles. The first-order valence-corrected chi connectivity index (χ1v) is 5.27. The molecule has 0 bridgehead atoms. The van der Waals surface area contributed by atoms with Gasteiger partial charge in [0.05, 0.1) is 11.7 Å². The van der Waals surface area contributed by atoms with Gasteiger partial charge < -0.3 is 5.32 Å². The van der Waals surface area contributed by atoms with E-state index in [1.807, 2.05) is 28.8 Å². The van der Waals surface area contributed by atoms with E-state index in [1.54, 1.807) is 18.3 Å². The molecule has 0 saturated heterocycles. The molecule has 84 valence electrons. The highest BCUT2D eigenvalue weighted by atomic mass is 19.1. The number of pyridine rings is 1.